The smallest absolute Gasteiger partial charge is 0.0547 e. The number of aryl methyl sites for hydroxylation is 1. The van der Waals surface area contributed by atoms with Crippen LogP contribution < -0.4 is 5.32 Å². The monoisotopic (exact) mass is 213 g/mol. The molecule has 1 N–H and O–H groups in total. The SMILES string of the molecule is CSC(C)CNC(C)c1ccnn1C. The fraction of sp³-hybridized carbons (Fsp3) is 0.700. The number of nitrogens with one attached hydrogen (secondary N) is 1. The van der Waals surface area contributed by atoms with Crippen LogP contribution in [0.2, 0.25) is 0 Å². The average Bonchev–Trinajstić information content (AvgIpc) is 2.60. The Morgan fingerprint density at radius 2 is 2.29 bits per heavy atom. The molecule has 1 aromatic rings. The van der Waals surface area contributed by atoms with Crippen molar-refractivity contribution in [3.05, 3.63) is 18.0 Å². The molecular weight excluding hydrogens is 194 g/mol. The summed E-state index contributed by atoms with van der Waals surface area (Å²) in [7, 11) is 1.98. The molecule has 0 aliphatic carbocycles. The lowest BCUT2D eigenvalue weighted by atomic mass is 10.2. The minimum absolute atomic E-state index is 0.372. The highest BCUT2D eigenvalue weighted by Crippen LogP contribution is 2.11. The fourth-order valence-corrected chi connectivity index (χ4v) is 1.60. The number of hydrogen-bond donors (Lipinski definition) is 1. The van der Waals surface area contributed by atoms with E-state index in [0.29, 0.717) is 11.3 Å². The van der Waals surface area contributed by atoms with Crippen LogP contribution in [0.1, 0.15) is 25.6 Å². The molecule has 0 saturated carbocycles. The predicted molar refractivity (Wildman–Crippen MR) is 62.6 cm³/mol. The average molecular weight is 213 g/mol. The Morgan fingerprint density at radius 1 is 1.57 bits per heavy atom. The molecule has 0 amide bonds. The molecule has 3 nitrogen and oxygen atoms in total. The highest BCUT2D eigenvalue weighted by Gasteiger charge is 2.09. The van der Waals surface area contributed by atoms with Crippen LogP contribution in [0.4, 0.5) is 0 Å². The molecule has 2 unspecified atom stereocenters. The summed E-state index contributed by atoms with van der Waals surface area (Å²) in [6, 6.07) is 2.43. The Balaban J connectivity index is 2.43. The summed E-state index contributed by atoms with van der Waals surface area (Å²) in [5.41, 5.74) is 1.23. The van der Waals surface area contributed by atoms with E-state index in [9.17, 15) is 0 Å². The van der Waals surface area contributed by atoms with E-state index in [1.54, 1.807) is 0 Å². The van der Waals surface area contributed by atoms with Crippen LogP contribution in [0.5, 0.6) is 0 Å². The summed E-state index contributed by atoms with van der Waals surface area (Å²) in [5, 5.41) is 8.31. The van der Waals surface area contributed by atoms with Crippen LogP contribution in [0.3, 0.4) is 0 Å². The molecular formula is C10H19N3S. The van der Waals surface area contributed by atoms with Crippen molar-refractivity contribution in [1.29, 1.82) is 0 Å². The highest BCUT2D eigenvalue weighted by molar-refractivity contribution is 7.99. The van der Waals surface area contributed by atoms with Gasteiger partial charge in [-0.15, -0.1) is 0 Å². The molecule has 0 radical (unpaired) electrons. The lowest BCUT2D eigenvalue weighted by Gasteiger charge is -2.16. The Labute approximate surface area is 90.3 Å². The zero-order chi connectivity index (χ0) is 10.6. The van der Waals surface area contributed by atoms with Crippen LogP contribution in [-0.2, 0) is 7.05 Å². The van der Waals surface area contributed by atoms with Crippen molar-refractivity contribution < 1.29 is 0 Å². The van der Waals surface area contributed by atoms with Gasteiger partial charge in [-0.25, -0.2) is 0 Å². The molecule has 14 heavy (non-hydrogen) atoms. The maximum Gasteiger partial charge on any atom is 0.0547 e. The lowest BCUT2D eigenvalue weighted by molar-refractivity contribution is 0.532. The summed E-state index contributed by atoms with van der Waals surface area (Å²) in [6.45, 7) is 5.44. The van der Waals surface area contributed by atoms with Gasteiger partial charge in [0.15, 0.2) is 0 Å². The van der Waals surface area contributed by atoms with Crippen molar-refractivity contribution in [2.24, 2.45) is 7.05 Å². The fourth-order valence-electron chi connectivity index (χ4n) is 1.34. The number of rotatable bonds is 5. The molecule has 0 spiro atoms. The standard InChI is InChI=1S/C10H19N3S/c1-8(14-4)7-11-9(2)10-5-6-12-13(10)3/h5-6,8-9,11H,7H2,1-4H3. The third kappa shape index (κ3) is 3.03. The van der Waals surface area contributed by atoms with Gasteiger partial charge >= 0.3 is 0 Å². The predicted octanol–water partition coefficient (Wildman–Crippen LogP) is 1.82. The molecule has 1 aromatic heterocycles. The normalized spacial score (nSPS) is 15.4. The summed E-state index contributed by atoms with van der Waals surface area (Å²) in [4.78, 5) is 0. The first-order valence-corrected chi connectivity index (χ1v) is 6.18. The largest absolute Gasteiger partial charge is 0.308 e. The molecule has 0 aromatic carbocycles. The molecule has 2 atom stereocenters. The van der Waals surface area contributed by atoms with Crippen molar-refractivity contribution in [2.75, 3.05) is 12.8 Å². The van der Waals surface area contributed by atoms with E-state index in [-0.39, 0.29) is 0 Å². The first kappa shape index (κ1) is 11.6. The van der Waals surface area contributed by atoms with Crippen LogP contribution in [0.25, 0.3) is 0 Å². The van der Waals surface area contributed by atoms with Gasteiger partial charge in [0, 0.05) is 31.1 Å². The van der Waals surface area contributed by atoms with Gasteiger partial charge in [0.2, 0.25) is 0 Å². The van der Waals surface area contributed by atoms with Gasteiger partial charge in [0.05, 0.1) is 5.69 Å². The second-order valence-electron chi connectivity index (χ2n) is 3.56. The first-order chi connectivity index (χ1) is 6.65. The summed E-state index contributed by atoms with van der Waals surface area (Å²) < 4.78 is 1.92. The van der Waals surface area contributed by atoms with E-state index >= 15 is 0 Å². The Bertz CT molecular complexity index is 272. The number of hydrogen-bond acceptors (Lipinski definition) is 3. The Kier molecular flexibility index (Phi) is 4.48. The number of thioether (sulfide) groups is 1. The van der Waals surface area contributed by atoms with E-state index in [4.69, 9.17) is 0 Å². The number of nitrogens with zero attached hydrogens (tertiary/aromatic N) is 2. The van der Waals surface area contributed by atoms with Crippen molar-refractivity contribution in [1.82, 2.24) is 15.1 Å². The molecule has 1 heterocycles. The van der Waals surface area contributed by atoms with E-state index in [1.165, 1.54) is 5.69 Å². The quantitative estimate of drug-likeness (QED) is 0.809. The maximum absolute atomic E-state index is 4.16. The zero-order valence-electron chi connectivity index (χ0n) is 9.32. The van der Waals surface area contributed by atoms with Gasteiger partial charge in [0.1, 0.15) is 0 Å². The molecule has 0 fully saturated rings. The maximum atomic E-state index is 4.16. The molecule has 0 saturated heterocycles. The topological polar surface area (TPSA) is 29.9 Å². The van der Waals surface area contributed by atoms with Crippen molar-refractivity contribution >= 4 is 11.8 Å². The lowest BCUT2D eigenvalue weighted by Crippen LogP contribution is -2.26. The van der Waals surface area contributed by atoms with Gasteiger partial charge in [0.25, 0.3) is 0 Å². The second kappa shape index (κ2) is 5.41. The highest BCUT2D eigenvalue weighted by atomic mass is 32.2. The zero-order valence-corrected chi connectivity index (χ0v) is 10.1. The van der Waals surface area contributed by atoms with Crippen LogP contribution in [0, 0.1) is 0 Å². The van der Waals surface area contributed by atoms with Gasteiger partial charge in [-0.1, -0.05) is 6.92 Å². The van der Waals surface area contributed by atoms with E-state index < -0.39 is 0 Å². The number of aromatic nitrogens is 2. The van der Waals surface area contributed by atoms with E-state index in [2.05, 4.69) is 36.6 Å². The first-order valence-electron chi connectivity index (χ1n) is 4.89. The van der Waals surface area contributed by atoms with Gasteiger partial charge in [-0.2, -0.15) is 16.9 Å². The Morgan fingerprint density at radius 3 is 2.79 bits per heavy atom. The van der Waals surface area contributed by atoms with Crippen LogP contribution in [0.15, 0.2) is 12.3 Å². The van der Waals surface area contributed by atoms with Crippen molar-refractivity contribution in [2.45, 2.75) is 25.1 Å². The van der Waals surface area contributed by atoms with Crippen molar-refractivity contribution in [3.8, 4) is 0 Å². The minimum atomic E-state index is 0.372. The second-order valence-corrected chi connectivity index (χ2v) is 4.83. The van der Waals surface area contributed by atoms with E-state index in [1.807, 2.05) is 29.7 Å². The molecule has 1 rings (SSSR count). The molecule has 0 aliphatic rings. The third-order valence-corrected chi connectivity index (χ3v) is 3.39. The molecule has 80 valence electrons. The van der Waals surface area contributed by atoms with Gasteiger partial charge < -0.3 is 5.32 Å². The molecule has 0 aliphatic heterocycles. The molecule has 4 heteroatoms. The molecule has 0 bridgehead atoms. The van der Waals surface area contributed by atoms with Crippen LogP contribution >= 0.6 is 11.8 Å². The summed E-state index contributed by atoms with van der Waals surface area (Å²) in [5.74, 6) is 0. The Hall–Kier alpha value is -0.480. The van der Waals surface area contributed by atoms with Crippen molar-refractivity contribution in [3.63, 3.8) is 0 Å². The minimum Gasteiger partial charge on any atom is -0.308 e. The van der Waals surface area contributed by atoms with Crippen LogP contribution in [-0.4, -0.2) is 27.8 Å². The summed E-state index contributed by atoms with van der Waals surface area (Å²) in [6.07, 6.45) is 3.98. The van der Waals surface area contributed by atoms with Gasteiger partial charge in [-0.3, -0.25) is 4.68 Å². The third-order valence-electron chi connectivity index (χ3n) is 2.42. The van der Waals surface area contributed by atoms with Gasteiger partial charge in [-0.05, 0) is 19.2 Å². The summed E-state index contributed by atoms with van der Waals surface area (Å²) >= 11 is 1.88. The van der Waals surface area contributed by atoms with E-state index in [0.717, 1.165) is 6.54 Å².